The predicted molar refractivity (Wildman–Crippen MR) is 163 cm³/mol. The second-order valence-electron chi connectivity index (χ2n) is 10.1. The third-order valence-corrected chi connectivity index (χ3v) is 8.55. The van der Waals surface area contributed by atoms with Crippen molar-refractivity contribution in [1.29, 1.82) is 0 Å². The average molecular weight is 547 g/mol. The Hall–Kier alpha value is -5.20. The number of hydrogen-bond acceptors (Lipinski definition) is 6. The van der Waals surface area contributed by atoms with Gasteiger partial charge in [-0.2, -0.15) is 8.75 Å². The van der Waals surface area contributed by atoms with E-state index in [-0.39, 0.29) is 5.75 Å². The zero-order valence-electron chi connectivity index (χ0n) is 21.8. The summed E-state index contributed by atoms with van der Waals surface area (Å²) in [6.45, 7) is 0. The van der Waals surface area contributed by atoms with Gasteiger partial charge in [-0.15, -0.1) is 0 Å². The molecule has 0 fully saturated rings. The fraction of sp³-hybridized carbons (Fsp3) is 0.0286. The Balaban J connectivity index is 1.45. The van der Waals surface area contributed by atoms with Crippen molar-refractivity contribution in [1.82, 2.24) is 18.7 Å². The zero-order valence-corrected chi connectivity index (χ0v) is 22.6. The van der Waals surface area contributed by atoms with Gasteiger partial charge in [-0.3, -0.25) is 9.97 Å². The van der Waals surface area contributed by atoms with Gasteiger partial charge in [-0.25, -0.2) is 0 Å². The van der Waals surface area contributed by atoms with Gasteiger partial charge in [0.25, 0.3) is 0 Å². The second kappa shape index (κ2) is 9.18. The topological polar surface area (TPSA) is 71.8 Å². The highest BCUT2D eigenvalue weighted by atomic mass is 32.1. The number of aromatic hydroxyl groups is 1. The quantitative estimate of drug-likeness (QED) is 0.243. The molecule has 0 amide bonds. The molecule has 194 valence electrons. The van der Waals surface area contributed by atoms with Gasteiger partial charge in [-0.1, -0.05) is 84.9 Å². The van der Waals surface area contributed by atoms with Crippen LogP contribution in [0.3, 0.4) is 0 Å². The molecule has 5 nitrogen and oxygen atoms in total. The Labute approximate surface area is 240 Å². The number of benzene rings is 4. The van der Waals surface area contributed by atoms with Crippen molar-refractivity contribution in [2.45, 2.75) is 5.41 Å². The Morgan fingerprint density at radius 2 is 1.34 bits per heavy atom. The van der Waals surface area contributed by atoms with Gasteiger partial charge in [0.1, 0.15) is 16.8 Å². The monoisotopic (exact) mass is 546 g/mol. The van der Waals surface area contributed by atoms with Crippen LogP contribution in [-0.4, -0.2) is 23.8 Å². The van der Waals surface area contributed by atoms with Crippen molar-refractivity contribution >= 4 is 22.8 Å². The van der Waals surface area contributed by atoms with E-state index < -0.39 is 5.41 Å². The van der Waals surface area contributed by atoms with E-state index in [0.29, 0.717) is 5.56 Å². The smallest absolute Gasteiger partial charge is 0.131 e. The van der Waals surface area contributed by atoms with Gasteiger partial charge in [0.2, 0.25) is 0 Å². The first-order chi connectivity index (χ1) is 20.2. The largest absolute Gasteiger partial charge is 0.507 e. The summed E-state index contributed by atoms with van der Waals surface area (Å²) in [5.41, 5.74) is 10.8. The van der Waals surface area contributed by atoms with Crippen LogP contribution in [0, 0.1) is 0 Å². The minimum absolute atomic E-state index is 0.205. The van der Waals surface area contributed by atoms with Gasteiger partial charge in [0.15, 0.2) is 0 Å². The Bertz CT molecular complexity index is 2060. The molecular formula is C35H22N4OS. The maximum absolute atomic E-state index is 10.7. The summed E-state index contributed by atoms with van der Waals surface area (Å²) >= 11 is 1.20. The molecule has 0 saturated heterocycles. The highest BCUT2D eigenvalue weighted by Gasteiger charge is 2.47. The van der Waals surface area contributed by atoms with Crippen LogP contribution >= 0.6 is 11.7 Å². The highest BCUT2D eigenvalue weighted by molar-refractivity contribution is 7.00. The van der Waals surface area contributed by atoms with Crippen molar-refractivity contribution in [2.75, 3.05) is 0 Å². The number of nitrogens with zero attached hydrogens (tertiary/aromatic N) is 4. The van der Waals surface area contributed by atoms with Crippen molar-refractivity contribution in [3.8, 4) is 39.4 Å². The third-order valence-electron chi connectivity index (χ3n) is 8.01. The normalized spacial score (nSPS) is 13.2. The first kappa shape index (κ1) is 23.7. The third kappa shape index (κ3) is 3.47. The molecule has 0 aliphatic heterocycles. The summed E-state index contributed by atoms with van der Waals surface area (Å²) in [4.78, 5) is 10.0. The van der Waals surface area contributed by atoms with Crippen LogP contribution in [0.15, 0.2) is 128 Å². The number of pyridine rings is 2. The molecule has 0 atom stereocenters. The predicted octanol–water partition coefficient (Wildman–Crippen LogP) is 7.88. The standard InChI is InChI=1S/C35H22N4OS/c40-31-17-6-3-13-26(31)29-16-8-18-32(37-29)35(27-14-4-1-11-24(27)25-12-2-5-15-28(25)35)23-10-7-9-22(21-23)33-34-30(19-20-36-33)38-41-39-34/h1-21,40H. The van der Waals surface area contributed by atoms with Crippen LogP contribution in [0.4, 0.5) is 0 Å². The first-order valence-corrected chi connectivity index (χ1v) is 14.1. The lowest BCUT2D eigenvalue weighted by Crippen LogP contribution is -2.30. The van der Waals surface area contributed by atoms with Gasteiger partial charge in [0, 0.05) is 17.3 Å². The van der Waals surface area contributed by atoms with Gasteiger partial charge >= 0.3 is 0 Å². The number of fused-ring (bicyclic) bond motifs is 4. The molecule has 3 heterocycles. The van der Waals surface area contributed by atoms with E-state index in [9.17, 15) is 5.11 Å². The summed E-state index contributed by atoms with van der Waals surface area (Å²) in [6.07, 6.45) is 1.79. The SMILES string of the molecule is Oc1ccccc1-c1cccc(C2(c3cccc(-c4nccc5nsnc45)c3)c3ccccc3-c3ccccc32)n1. The molecule has 8 rings (SSSR count). The zero-order chi connectivity index (χ0) is 27.4. The first-order valence-electron chi connectivity index (χ1n) is 13.4. The van der Waals surface area contributed by atoms with E-state index in [2.05, 4.69) is 87.6 Å². The van der Waals surface area contributed by atoms with E-state index in [4.69, 9.17) is 9.97 Å². The van der Waals surface area contributed by atoms with Crippen LogP contribution < -0.4 is 0 Å². The Kier molecular flexibility index (Phi) is 5.30. The van der Waals surface area contributed by atoms with Gasteiger partial charge < -0.3 is 5.11 Å². The van der Waals surface area contributed by atoms with Crippen LogP contribution in [0.2, 0.25) is 0 Å². The summed E-state index contributed by atoms with van der Waals surface area (Å²) in [6, 6.07) is 41.1. The molecule has 6 heteroatoms. The molecule has 7 aromatic rings. The molecule has 1 N–H and O–H groups in total. The number of hydrogen-bond donors (Lipinski definition) is 1. The minimum Gasteiger partial charge on any atom is -0.507 e. The molecule has 4 aromatic carbocycles. The lowest BCUT2D eigenvalue weighted by atomic mass is 9.69. The second-order valence-corrected chi connectivity index (χ2v) is 10.7. The number of phenols is 1. The minimum atomic E-state index is -0.697. The molecule has 0 radical (unpaired) electrons. The Morgan fingerprint density at radius 1 is 0.634 bits per heavy atom. The van der Waals surface area contributed by atoms with Gasteiger partial charge in [-0.05, 0) is 64.2 Å². The fourth-order valence-electron chi connectivity index (χ4n) is 6.28. The Morgan fingerprint density at radius 3 is 2.12 bits per heavy atom. The summed E-state index contributed by atoms with van der Waals surface area (Å²) in [5, 5.41) is 10.7. The van der Waals surface area contributed by atoms with Crippen molar-refractivity contribution in [3.63, 3.8) is 0 Å². The van der Waals surface area contributed by atoms with Crippen LogP contribution in [0.5, 0.6) is 5.75 Å². The van der Waals surface area contributed by atoms with E-state index in [0.717, 1.165) is 39.2 Å². The maximum Gasteiger partial charge on any atom is 0.131 e. The number of rotatable bonds is 4. The average Bonchev–Trinajstić information content (AvgIpc) is 3.63. The van der Waals surface area contributed by atoms with E-state index in [1.54, 1.807) is 12.3 Å². The highest BCUT2D eigenvalue weighted by Crippen LogP contribution is 2.56. The molecule has 1 aliphatic rings. The van der Waals surface area contributed by atoms with Crippen molar-refractivity contribution in [2.24, 2.45) is 0 Å². The van der Waals surface area contributed by atoms with E-state index >= 15 is 0 Å². The molecule has 3 aromatic heterocycles. The summed E-state index contributed by atoms with van der Waals surface area (Å²) in [7, 11) is 0. The number of aromatic nitrogens is 4. The van der Waals surface area contributed by atoms with Crippen LogP contribution in [0.1, 0.15) is 22.4 Å². The van der Waals surface area contributed by atoms with Crippen molar-refractivity contribution in [3.05, 3.63) is 150 Å². The fourth-order valence-corrected chi connectivity index (χ4v) is 6.82. The van der Waals surface area contributed by atoms with Crippen molar-refractivity contribution < 1.29 is 5.11 Å². The molecule has 0 saturated carbocycles. The number of phenolic OH excluding ortho intramolecular Hbond substituents is 1. The summed E-state index contributed by atoms with van der Waals surface area (Å²) < 4.78 is 8.99. The van der Waals surface area contributed by atoms with E-state index in [1.165, 1.54) is 34.0 Å². The van der Waals surface area contributed by atoms with Crippen LogP contribution in [0.25, 0.3) is 44.7 Å². The lowest BCUT2D eigenvalue weighted by molar-refractivity contribution is 0.477. The molecular weight excluding hydrogens is 524 g/mol. The molecule has 0 spiro atoms. The number of para-hydroxylation sites is 1. The molecule has 0 bridgehead atoms. The lowest BCUT2D eigenvalue weighted by Gasteiger charge is -2.33. The molecule has 1 aliphatic carbocycles. The van der Waals surface area contributed by atoms with Crippen LogP contribution in [-0.2, 0) is 5.41 Å². The molecule has 41 heavy (non-hydrogen) atoms. The van der Waals surface area contributed by atoms with Gasteiger partial charge in [0.05, 0.1) is 34.2 Å². The maximum atomic E-state index is 10.7. The van der Waals surface area contributed by atoms with E-state index in [1.807, 2.05) is 36.4 Å². The summed E-state index contributed by atoms with van der Waals surface area (Å²) in [5.74, 6) is 0.205. The molecule has 0 unspecified atom stereocenters.